The molecule has 0 unspecified atom stereocenters. The van der Waals surface area contributed by atoms with E-state index >= 15 is 0 Å². The van der Waals surface area contributed by atoms with Crippen molar-refractivity contribution < 1.29 is 65.4 Å². The van der Waals surface area contributed by atoms with Crippen LogP contribution >= 0.6 is 0 Å². The smallest absolute Gasteiger partial charge is 0 e. The van der Waals surface area contributed by atoms with E-state index < -0.39 is 0 Å². The minimum Gasteiger partial charge on any atom is -0.226 e. The summed E-state index contributed by atoms with van der Waals surface area (Å²) in [6.45, 7) is 74.0. The fraction of sp³-hybridized carbons (Fsp3) is 0.310. The molecule has 0 fully saturated rings. The maximum Gasteiger partial charge on any atom is 0 e. The maximum atomic E-state index is 3.24. The Morgan fingerprint density at radius 2 is 0.390 bits per heavy atom. The van der Waals surface area contributed by atoms with Gasteiger partial charge in [0, 0.05) is 65.4 Å². The van der Waals surface area contributed by atoms with E-state index in [1.165, 1.54) is 143 Å². The van der Waals surface area contributed by atoms with Crippen LogP contribution in [0.2, 0.25) is 0 Å². The molecule has 15 aromatic rings. The topological polar surface area (TPSA) is 0 Å². The van der Waals surface area contributed by atoms with E-state index in [0.29, 0.717) is 0 Å². The zero-order valence-corrected chi connectivity index (χ0v) is 86.4. The Hall–Kier alpha value is -8.19. The van der Waals surface area contributed by atoms with Crippen LogP contribution in [0.5, 0.6) is 0 Å². The Labute approximate surface area is 775 Å². The molecule has 2 heteroatoms. The van der Waals surface area contributed by atoms with Crippen LogP contribution in [-0.4, -0.2) is 0 Å². The minimum absolute atomic E-state index is 0. The molecule has 0 aliphatic carbocycles. The Bertz CT molecular complexity index is 4570. The van der Waals surface area contributed by atoms with Crippen LogP contribution in [-0.2, 0) is 65.4 Å². The van der Waals surface area contributed by atoms with Gasteiger partial charge in [0.05, 0.1) is 0 Å². The van der Waals surface area contributed by atoms with Crippen molar-refractivity contribution in [2.45, 2.75) is 249 Å². The molecule has 0 amide bonds. The number of aryl methyl sites for hydroxylation is 16. The van der Waals surface area contributed by atoms with Crippen molar-refractivity contribution in [1.82, 2.24) is 0 Å². The number of hydrogen-bond donors (Lipinski definition) is 0. The Morgan fingerprint density at radius 1 is 0.161 bits per heavy atom. The summed E-state index contributed by atoms with van der Waals surface area (Å²) in [6.07, 6.45) is 0. The molecule has 0 heterocycles. The van der Waals surface area contributed by atoms with Gasteiger partial charge in [0.15, 0.2) is 0 Å². The summed E-state index contributed by atoms with van der Waals surface area (Å²) in [6, 6.07) is 111. The van der Waals surface area contributed by atoms with Crippen LogP contribution in [0.1, 0.15) is 227 Å². The second-order valence-corrected chi connectivity index (χ2v) is 25.6. The molecule has 0 aromatic heterocycles. The van der Waals surface area contributed by atoms with Gasteiger partial charge in [0.1, 0.15) is 0 Å². The van der Waals surface area contributed by atoms with Gasteiger partial charge in [0.25, 0.3) is 0 Å². The molecule has 0 atom stereocenters. The zero-order valence-electron chi connectivity index (χ0n) is 80.7. The van der Waals surface area contributed by atoms with Crippen LogP contribution in [0.4, 0.5) is 0 Å². The second-order valence-electron chi connectivity index (χ2n) is 25.6. The van der Waals surface area contributed by atoms with E-state index in [9.17, 15) is 0 Å². The van der Waals surface area contributed by atoms with Crippen molar-refractivity contribution in [2.75, 3.05) is 0 Å². The molecule has 15 rings (SSSR count). The van der Waals surface area contributed by atoms with Crippen molar-refractivity contribution >= 4 is 53.9 Å². The third kappa shape index (κ3) is 43.7. The van der Waals surface area contributed by atoms with Crippen LogP contribution in [0, 0.1) is 135 Å². The third-order valence-electron chi connectivity index (χ3n) is 17.2. The van der Waals surface area contributed by atoms with Gasteiger partial charge in [-0.3, -0.25) is 0 Å². The molecule has 0 nitrogen and oxygen atoms in total. The first-order valence-electron chi connectivity index (χ1n) is 43.5. The SMILES string of the molecule is CC.CC.CC.CC.CC.CC.CC.CC.CC.CC.Cc1c2ccccc2c(C)c2ccccc12.Cc1c[c-]c(-c2[c-]cc(C)cc2)cc1.Cc1cc[c-]c(-c2[c-]ccc(C)c2)c1.Cc1ccc(C)c2ccccc12.Cc1ccc(C)cc1.Cc1ccc2cc(C)ccc2c1.Cc1cccc(C)c1.Cc1cccc2c(C)cccc12.[Y].[Y]. The van der Waals surface area contributed by atoms with Gasteiger partial charge in [-0.1, -0.05) is 406 Å². The molecule has 0 bridgehead atoms. The summed E-state index contributed by atoms with van der Waals surface area (Å²) in [5.74, 6) is 0. The number of hydrogen-bond acceptors (Lipinski definition) is 0. The fourth-order valence-corrected chi connectivity index (χ4v) is 11.5. The van der Waals surface area contributed by atoms with Gasteiger partial charge in [-0.2, -0.15) is 84.9 Å². The van der Waals surface area contributed by atoms with Gasteiger partial charge < -0.3 is 0 Å². The summed E-state index contributed by atoms with van der Waals surface area (Å²) in [5.41, 5.74) is 25.6. The first-order valence-corrected chi connectivity index (χ1v) is 43.5. The monoisotopic (exact) mass is 1730 g/mol. The molecule has 2 radical (unpaired) electrons. The quantitative estimate of drug-likeness (QED) is 0.120. The van der Waals surface area contributed by atoms with Gasteiger partial charge in [-0.25, -0.2) is 22.3 Å². The van der Waals surface area contributed by atoms with Crippen molar-refractivity contribution in [3.63, 3.8) is 0 Å². The standard InChI is InChI=1S/C16H14.2C14H12.3C12H12.2C8H10.10C2H6.2Y/c1-11-13-7-3-5-9-15(13)12(2)16-10-6-4-8-14(11)16;1-11-3-7-13(8-4-11)14-9-5-12(2)6-10-14;1-11-5-3-7-13(9-11)14-8-4-6-12(2)10-14;1-9-3-5-12-8-10(2)4-6-11(12)7-9;1-9-5-3-8-12-10(2)6-4-7-11(9)12;1-9-7-8-10(2)12-6-4-3-5-11(9)12;1-7-3-5-8(2)6-4-7;1-7-4-3-5-8(2)6-7;10*1-2;;/h3-10H,1-2H3;3-7,9H,1-2H3;3-6,9-10H,1-2H3;3*3-8H,1-2H3;2*3-6H,1-2H3;10*1-2H3;;/q;2*-2;;;;;;;;;;;;;;;;;. The van der Waals surface area contributed by atoms with Crippen LogP contribution in [0.3, 0.4) is 0 Å². The van der Waals surface area contributed by atoms with E-state index in [-0.39, 0.29) is 65.4 Å². The van der Waals surface area contributed by atoms with Gasteiger partial charge in [-0.05, 0) is 170 Å². The Kier molecular flexibility index (Phi) is 73.0. The Balaban J connectivity index is -0.000000401. The second kappa shape index (κ2) is 72.8. The summed E-state index contributed by atoms with van der Waals surface area (Å²) in [5, 5.41) is 13.7. The summed E-state index contributed by atoms with van der Waals surface area (Å²) in [4.78, 5) is 0. The molecular formula is C116H154Y2-4. The van der Waals surface area contributed by atoms with Crippen LogP contribution in [0.25, 0.3) is 76.1 Å². The molecule has 15 aromatic carbocycles. The van der Waals surface area contributed by atoms with Crippen molar-refractivity contribution in [3.05, 3.63) is 392 Å². The first-order chi connectivity index (χ1) is 56.2. The van der Waals surface area contributed by atoms with Gasteiger partial charge in [-0.15, -0.1) is 34.4 Å². The Morgan fingerprint density at radius 3 is 0.644 bits per heavy atom. The van der Waals surface area contributed by atoms with E-state index in [0.717, 1.165) is 22.3 Å². The average molecular weight is 1730 g/mol. The normalized spacial score (nSPS) is 8.88. The van der Waals surface area contributed by atoms with Crippen LogP contribution < -0.4 is 0 Å². The largest absolute Gasteiger partial charge is 0.226 e. The van der Waals surface area contributed by atoms with Gasteiger partial charge in [0.2, 0.25) is 0 Å². The van der Waals surface area contributed by atoms with Crippen molar-refractivity contribution in [3.8, 4) is 22.3 Å². The predicted octanol–water partition coefficient (Wildman–Crippen LogP) is 37.0. The number of benzene rings is 15. The molecule has 628 valence electrons. The third-order valence-corrected chi connectivity index (χ3v) is 17.2. The van der Waals surface area contributed by atoms with E-state index in [4.69, 9.17) is 0 Å². The molecule has 0 saturated carbocycles. The molecule has 0 aliphatic rings. The number of rotatable bonds is 2. The summed E-state index contributed by atoms with van der Waals surface area (Å²) in [7, 11) is 0. The van der Waals surface area contributed by atoms with Crippen molar-refractivity contribution in [2.24, 2.45) is 0 Å². The molecule has 0 N–H and O–H groups in total. The molecule has 0 aliphatic heterocycles. The maximum absolute atomic E-state index is 3.24. The van der Waals surface area contributed by atoms with E-state index in [1.807, 2.05) is 163 Å². The van der Waals surface area contributed by atoms with E-state index in [1.54, 1.807) is 0 Å². The molecular weight excluding hydrogens is 1570 g/mol. The van der Waals surface area contributed by atoms with E-state index in [2.05, 4.69) is 390 Å². The average Bonchev–Trinajstić information content (AvgIpc) is 0.765. The molecule has 118 heavy (non-hydrogen) atoms. The summed E-state index contributed by atoms with van der Waals surface area (Å²) >= 11 is 0. The summed E-state index contributed by atoms with van der Waals surface area (Å²) < 4.78 is 0. The minimum atomic E-state index is 0. The van der Waals surface area contributed by atoms with Crippen molar-refractivity contribution in [1.29, 1.82) is 0 Å². The zero-order chi connectivity index (χ0) is 88.7. The molecule has 0 saturated heterocycles. The first kappa shape index (κ1) is 118. The molecule has 0 spiro atoms. The number of fused-ring (bicyclic) bond motifs is 5. The fourth-order valence-electron chi connectivity index (χ4n) is 11.5. The van der Waals surface area contributed by atoms with Crippen LogP contribution in [0.15, 0.2) is 279 Å². The predicted molar refractivity (Wildman–Crippen MR) is 535 cm³/mol. The van der Waals surface area contributed by atoms with Gasteiger partial charge >= 0.3 is 0 Å².